The number of halogens is 2. The number of nitrogens with zero attached hydrogens (tertiary/aromatic N) is 2. The summed E-state index contributed by atoms with van der Waals surface area (Å²) in [5.41, 5.74) is 6.08. The van der Waals surface area contributed by atoms with Crippen LogP contribution in [-0.2, 0) is 6.54 Å². The van der Waals surface area contributed by atoms with Crippen molar-refractivity contribution >= 4 is 16.8 Å². The van der Waals surface area contributed by atoms with Crippen LogP contribution in [0.25, 0.3) is 10.9 Å². The molecule has 0 radical (unpaired) electrons. The summed E-state index contributed by atoms with van der Waals surface area (Å²) in [6.07, 6.45) is 1.87. The first kappa shape index (κ1) is 16.8. The summed E-state index contributed by atoms with van der Waals surface area (Å²) in [5.74, 6) is -1.76. The summed E-state index contributed by atoms with van der Waals surface area (Å²) in [6.45, 7) is 1.52. The van der Waals surface area contributed by atoms with Crippen molar-refractivity contribution in [1.29, 1.82) is 0 Å². The number of nitrogens with two attached hydrogens (primary N) is 1. The number of benzene rings is 1. The number of aromatic nitrogens is 2. The molecule has 1 unspecified atom stereocenters. The topological polar surface area (TPSA) is 90.4 Å². The Balaban J connectivity index is 2.09. The van der Waals surface area contributed by atoms with Crippen LogP contribution in [0.1, 0.15) is 23.0 Å². The van der Waals surface area contributed by atoms with Gasteiger partial charge in [0.25, 0.3) is 5.91 Å². The fourth-order valence-electron chi connectivity index (χ4n) is 2.53. The first-order valence-electron chi connectivity index (χ1n) is 7.42. The van der Waals surface area contributed by atoms with Gasteiger partial charge in [-0.15, -0.1) is 0 Å². The predicted molar refractivity (Wildman–Crippen MR) is 86.0 cm³/mol. The summed E-state index contributed by atoms with van der Waals surface area (Å²) >= 11 is 0. The van der Waals surface area contributed by atoms with Gasteiger partial charge in [-0.1, -0.05) is 6.07 Å². The van der Waals surface area contributed by atoms with E-state index in [4.69, 9.17) is 10.5 Å². The Kier molecular flexibility index (Phi) is 4.37. The zero-order valence-electron chi connectivity index (χ0n) is 13.2. The molecule has 0 saturated carbocycles. The van der Waals surface area contributed by atoms with Gasteiger partial charge in [-0.3, -0.25) is 4.79 Å². The van der Waals surface area contributed by atoms with Crippen LogP contribution in [0, 0.1) is 11.6 Å². The molecule has 0 aliphatic carbocycles. The molecule has 0 aliphatic rings. The second kappa shape index (κ2) is 6.48. The van der Waals surface area contributed by atoms with Gasteiger partial charge < -0.3 is 20.1 Å². The Morgan fingerprint density at radius 2 is 2.16 bits per heavy atom. The van der Waals surface area contributed by atoms with Crippen molar-refractivity contribution in [2.45, 2.75) is 19.8 Å². The molecule has 1 amide bonds. The normalized spacial score (nSPS) is 12.3. The lowest BCUT2D eigenvalue weighted by atomic mass is 10.2. The maximum absolute atomic E-state index is 13.9. The third-order valence-electron chi connectivity index (χ3n) is 3.64. The zero-order valence-corrected chi connectivity index (χ0v) is 13.2. The molecule has 1 atom stereocenters. The molecule has 8 heteroatoms. The van der Waals surface area contributed by atoms with Gasteiger partial charge in [0.15, 0.2) is 6.29 Å². The largest absolute Gasteiger partial charge is 0.463 e. The number of aliphatic hydroxyl groups is 1. The van der Waals surface area contributed by atoms with E-state index in [1.165, 1.54) is 31.3 Å². The van der Waals surface area contributed by atoms with Gasteiger partial charge in [-0.2, -0.15) is 0 Å². The molecule has 3 rings (SSSR count). The smallest absolute Gasteiger partial charge is 0.267 e. The van der Waals surface area contributed by atoms with Crippen molar-refractivity contribution in [2.24, 2.45) is 5.73 Å². The number of hydrogen-bond donors (Lipinski definition) is 2. The molecular formula is C17H15F2N3O3. The number of amides is 1. The Labute approximate surface area is 141 Å². The number of aliphatic hydroxyl groups excluding tert-OH is 1. The molecule has 0 spiro atoms. The quantitative estimate of drug-likeness (QED) is 0.692. The van der Waals surface area contributed by atoms with Crippen LogP contribution in [-0.4, -0.2) is 26.9 Å². The molecule has 1 aromatic carbocycles. The number of fused-ring (bicyclic) bond motifs is 1. The van der Waals surface area contributed by atoms with E-state index in [-0.39, 0.29) is 23.6 Å². The SMILES string of the molecule is CC(O)Oc1cn(Cc2ccc(F)cc2F)c2cnc(C(N)=O)cc12. The lowest BCUT2D eigenvalue weighted by Crippen LogP contribution is -2.13. The van der Waals surface area contributed by atoms with Gasteiger partial charge in [0, 0.05) is 23.2 Å². The lowest BCUT2D eigenvalue weighted by molar-refractivity contribution is 0.000739. The second-order valence-electron chi connectivity index (χ2n) is 5.53. The fourth-order valence-corrected chi connectivity index (χ4v) is 2.53. The number of rotatable bonds is 5. The first-order chi connectivity index (χ1) is 11.8. The summed E-state index contributed by atoms with van der Waals surface area (Å²) in [7, 11) is 0. The molecule has 0 fully saturated rings. The minimum atomic E-state index is -1.09. The minimum Gasteiger partial charge on any atom is -0.463 e. The van der Waals surface area contributed by atoms with Crippen LogP contribution < -0.4 is 10.5 Å². The van der Waals surface area contributed by atoms with Gasteiger partial charge in [0.1, 0.15) is 23.1 Å². The Hall–Kier alpha value is -3.00. The van der Waals surface area contributed by atoms with Gasteiger partial charge in [0.2, 0.25) is 0 Å². The van der Waals surface area contributed by atoms with Crippen molar-refractivity contribution < 1.29 is 23.4 Å². The van der Waals surface area contributed by atoms with E-state index in [9.17, 15) is 18.7 Å². The van der Waals surface area contributed by atoms with E-state index in [0.29, 0.717) is 10.9 Å². The van der Waals surface area contributed by atoms with Crippen LogP contribution in [0.2, 0.25) is 0 Å². The van der Waals surface area contributed by atoms with E-state index in [2.05, 4.69) is 4.98 Å². The molecule has 0 bridgehead atoms. The van der Waals surface area contributed by atoms with E-state index >= 15 is 0 Å². The van der Waals surface area contributed by atoms with E-state index in [1.807, 2.05) is 0 Å². The summed E-state index contributed by atoms with van der Waals surface area (Å²) in [4.78, 5) is 15.3. The molecule has 6 nitrogen and oxygen atoms in total. The van der Waals surface area contributed by atoms with Crippen molar-refractivity contribution in [1.82, 2.24) is 9.55 Å². The van der Waals surface area contributed by atoms with Crippen molar-refractivity contribution in [3.8, 4) is 5.75 Å². The van der Waals surface area contributed by atoms with Gasteiger partial charge in [0.05, 0.1) is 18.3 Å². The second-order valence-corrected chi connectivity index (χ2v) is 5.53. The van der Waals surface area contributed by atoms with Gasteiger partial charge in [-0.25, -0.2) is 13.8 Å². The fraction of sp³-hybridized carbons (Fsp3) is 0.176. The van der Waals surface area contributed by atoms with Crippen molar-refractivity contribution in [3.63, 3.8) is 0 Å². The summed E-state index contributed by atoms with van der Waals surface area (Å²) < 4.78 is 33.9. The summed E-state index contributed by atoms with van der Waals surface area (Å²) in [6, 6.07) is 4.75. The van der Waals surface area contributed by atoms with Crippen LogP contribution in [0.3, 0.4) is 0 Å². The number of carbonyl (C=O) groups excluding carboxylic acids is 1. The Morgan fingerprint density at radius 3 is 2.80 bits per heavy atom. The third-order valence-corrected chi connectivity index (χ3v) is 3.64. The average Bonchev–Trinajstić information content (AvgIpc) is 2.86. The van der Waals surface area contributed by atoms with Crippen molar-refractivity contribution in [3.05, 3.63) is 59.6 Å². The molecule has 0 aliphatic heterocycles. The molecular weight excluding hydrogens is 332 g/mol. The van der Waals surface area contributed by atoms with E-state index in [1.54, 1.807) is 10.8 Å². The highest BCUT2D eigenvalue weighted by atomic mass is 19.1. The summed E-state index contributed by atoms with van der Waals surface area (Å²) in [5, 5.41) is 9.97. The molecule has 2 aromatic heterocycles. The molecule has 0 saturated heterocycles. The van der Waals surface area contributed by atoms with E-state index < -0.39 is 23.8 Å². The maximum Gasteiger partial charge on any atom is 0.267 e. The number of pyridine rings is 1. The van der Waals surface area contributed by atoms with Crippen LogP contribution in [0.5, 0.6) is 5.75 Å². The van der Waals surface area contributed by atoms with Crippen LogP contribution >= 0.6 is 0 Å². The molecule has 3 aromatic rings. The standard InChI is InChI=1S/C17H15F2N3O3/c1-9(23)25-16-8-22(7-10-2-3-11(18)4-13(10)19)15-6-21-14(17(20)24)5-12(15)16/h2-6,8-9,23H,7H2,1H3,(H2,20,24). The van der Waals surface area contributed by atoms with E-state index in [0.717, 1.165) is 6.07 Å². The zero-order chi connectivity index (χ0) is 18.1. The highest BCUT2D eigenvalue weighted by Gasteiger charge is 2.16. The highest BCUT2D eigenvalue weighted by Crippen LogP contribution is 2.30. The van der Waals surface area contributed by atoms with Crippen LogP contribution in [0.15, 0.2) is 36.7 Å². The Bertz CT molecular complexity index is 954. The third kappa shape index (κ3) is 3.43. The monoisotopic (exact) mass is 347 g/mol. The number of hydrogen-bond acceptors (Lipinski definition) is 4. The van der Waals surface area contributed by atoms with Crippen molar-refractivity contribution in [2.75, 3.05) is 0 Å². The molecule has 2 heterocycles. The average molecular weight is 347 g/mol. The van der Waals surface area contributed by atoms with Gasteiger partial charge >= 0.3 is 0 Å². The molecule has 3 N–H and O–H groups in total. The number of primary amides is 1. The maximum atomic E-state index is 13.9. The lowest BCUT2D eigenvalue weighted by Gasteiger charge is -2.07. The molecule has 25 heavy (non-hydrogen) atoms. The highest BCUT2D eigenvalue weighted by molar-refractivity contribution is 5.96. The van der Waals surface area contributed by atoms with Gasteiger partial charge in [-0.05, 0) is 19.1 Å². The minimum absolute atomic E-state index is 0.0358. The number of carbonyl (C=O) groups is 1. The first-order valence-corrected chi connectivity index (χ1v) is 7.42. The number of ether oxygens (including phenoxy) is 1. The van der Waals surface area contributed by atoms with Crippen LogP contribution in [0.4, 0.5) is 8.78 Å². The Morgan fingerprint density at radius 1 is 1.40 bits per heavy atom. The molecule has 130 valence electrons. The predicted octanol–water partition coefficient (Wildman–Crippen LogP) is 2.18.